The number of hydrogen-bond donors (Lipinski definition) is 2. The van der Waals surface area contributed by atoms with Crippen molar-refractivity contribution < 1.29 is 9.90 Å². The summed E-state index contributed by atoms with van der Waals surface area (Å²) >= 11 is 1.35. The van der Waals surface area contributed by atoms with Crippen LogP contribution in [0.15, 0.2) is 6.07 Å². The molecule has 2 N–H and O–H groups in total. The minimum Gasteiger partial charge on any atom is -0.384 e. The zero-order chi connectivity index (χ0) is 11.3. The zero-order valence-corrected chi connectivity index (χ0v) is 9.57. The Hall–Kier alpha value is -1.31. The van der Waals surface area contributed by atoms with Crippen LogP contribution in [0.4, 0.5) is 0 Å². The van der Waals surface area contributed by atoms with Gasteiger partial charge in [-0.2, -0.15) is 0 Å². The lowest BCUT2D eigenvalue weighted by Gasteiger charge is -1.96. The Morgan fingerprint density at radius 3 is 3.00 bits per heavy atom. The molecule has 1 heterocycles. The van der Waals surface area contributed by atoms with E-state index in [2.05, 4.69) is 17.2 Å². The molecular formula is C11H13NO2S. The third kappa shape index (κ3) is 3.08. The number of aliphatic hydroxyl groups is 1. The molecule has 0 aliphatic heterocycles. The van der Waals surface area contributed by atoms with E-state index in [0.29, 0.717) is 11.4 Å². The van der Waals surface area contributed by atoms with Crippen molar-refractivity contribution in [1.29, 1.82) is 0 Å². The van der Waals surface area contributed by atoms with Crippen molar-refractivity contribution in [1.82, 2.24) is 5.32 Å². The molecule has 0 saturated carbocycles. The van der Waals surface area contributed by atoms with Gasteiger partial charge in [-0.1, -0.05) is 11.8 Å². The quantitative estimate of drug-likeness (QED) is 0.739. The Balaban J connectivity index is 2.90. The van der Waals surface area contributed by atoms with E-state index < -0.39 is 0 Å². The maximum Gasteiger partial charge on any atom is 0.261 e. The second kappa shape index (κ2) is 5.54. The monoisotopic (exact) mass is 223 g/mol. The van der Waals surface area contributed by atoms with E-state index in [9.17, 15) is 4.79 Å². The Kier molecular flexibility index (Phi) is 4.35. The minimum atomic E-state index is -0.159. The molecular weight excluding hydrogens is 210 g/mol. The number of aliphatic hydroxyl groups excluding tert-OH is 1. The lowest BCUT2D eigenvalue weighted by Crippen LogP contribution is -2.21. The molecule has 1 rings (SSSR count). The van der Waals surface area contributed by atoms with Gasteiger partial charge >= 0.3 is 0 Å². The van der Waals surface area contributed by atoms with Crippen LogP contribution < -0.4 is 5.32 Å². The number of aryl methyl sites for hydroxylation is 1. The second-order valence-electron chi connectivity index (χ2n) is 2.94. The summed E-state index contributed by atoms with van der Waals surface area (Å²) in [4.78, 5) is 13.0. The second-order valence-corrected chi connectivity index (χ2v) is 3.99. The van der Waals surface area contributed by atoms with Crippen molar-refractivity contribution in [3.8, 4) is 11.8 Å². The van der Waals surface area contributed by atoms with E-state index >= 15 is 0 Å². The summed E-state index contributed by atoms with van der Waals surface area (Å²) in [6.45, 7) is 4.24. The molecule has 80 valence electrons. The number of thiophene rings is 1. The van der Waals surface area contributed by atoms with E-state index in [4.69, 9.17) is 5.11 Å². The maximum atomic E-state index is 11.5. The van der Waals surface area contributed by atoms with E-state index in [-0.39, 0.29) is 12.5 Å². The van der Waals surface area contributed by atoms with Gasteiger partial charge in [0.15, 0.2) is 0 Å². The number of rotatable bonds is 2. The lowest BCUT2D eigenvalue weighted by atomic mass is 10.2. The van der Waals surface area contributed by atoms with Crippen molar-refractivity contribution >= 4 is 17.2 Å². The van der Waals surface area contributed by atoms with Crippen molar-refractivity contribution in [3.05, 3.63) is 21.4 Å². The highest BCUT2D eigenvalue weighted by Gasteiger charge is 2.09. The number of carbonyl (C=O) groups excluding carboxylic acids is 1. The first-order valence-corrected chi connectivity index (χ1v) is 5.49. The van der Waals surface area contributed by atoms with Gasteiger partial charge in [0.2, 0.25) is 0 Å². The summed E-state index contributed by atoms with van der Waals surface area (Å²) in [5.74, 6) is 5.33. The molecule has 1 amide bonds. The van der Waals surface area contributed by atoms with Crippen LogP contribution in [0, 0.1) is 18.8 Å². The van der Waals surface area contributed by atoms with Gasteiger partial charge in [0.05, 0.1) is 9.75 Å². The summed E-state index contributed by atoms with van der Waals surface area (Å²) in [5, 5.41) is 11.3. The largest absolute Gasteiger partial charge is 0.384 e. The number of carbonyl (C=O) groups is 1. The highest BCUT2D eigenvalue weighted by molar-refractivity contribution is 7.14. The maximum absolute atomic E-state index is 11.5. The Morgan fingerprint density at radius 1 is 1.67 bits per heavy atom. The average Bonchev–Trinajstić information content (AvgIpc) is 2.57. The highest BCUT2D eigenvalue weighted by Crippen LogP contribution is 2.20. The van der Waals surface area contributed by atoms with Crippen LogP contribution in [-0.4, -0.2) is 24.2 Å². The Bertz CT molecular complexity index is 412. The molecule has 0 radical (unpaired) electrons. The summed E-state index contributed by atoms with van der Waals surface area (Å²) in [7, 11) is 0. The smallest absolute Gasteiger partial charge is 0.261 e. The minimum absolute atomic E-state index is 0.0670. The van der Waals surface area contributed by atoms with Crippen LogP contribution in [-0.2, 0) is 0 Å². The first kappa shape index (κ1) is 11.8. The molecule has 1 aromatic heterocycles. The standard InChI is InChI=1S/C11H13NO2S/c1-3-12-11(14)10-7-8(2)9(15-10)5-4-6-13/h7,13H,3,6H2,1-2H3,(H,12,14). The third-order valence-corrected chi connectivity index (χ3v) is 2.91. The molecule has 0 unspecified atom stereocenters. The normalized spacial score (nSPS) is 9.27. The summed E-state index contributed by atoms with van der Waals surface area (Å²) in [5.41, 5.74) is 0.974. The molecule has 4 heteroatoms. The van der Waals surface area contributed by atoms with Crippen LogP contribution in [0.2, 0.25) is 0 Å². The molecule has 0 bridgehead atoms. The van der Waals surface area contributed by atoms with Crippen LogP contribution in [0.5, 0.6) is 0 Å². The molecule has 15 heavy (non-hydrogen) atoms. The van der Waals surface area contributed by atoms with Crippen molar-refractivity contribution in [3.63, 3.8) is 0 Å². The first-order valence-electron chi connectivity index (χ1n) is 4.67. The van der Waals surface area contributed by atoms with Gasteiger partial charge in [-0.3, -0.25) is 4.79 Å². The number of hydrogen-bond acceptors (Lipinski definition) is 3. The summed E-state index contributed by atoms with van der Waals surface area (Å²) in [6, 6.07) is 1.82. The fourth-order valence-corrected chi connectivity index (χ4v) is 2.05. The first-order chi connectivity index (χ1) is 7.19. The van der Waals surface area contributed by atoms with Crippen LogP contribution in [0.25, 0.3) is 0 Å². The van der Waals surface area contributed by atoms with E-state index in [0.717, 1.165) is 10.4 Å². The molecule has 0 saturated heterocycles. The van der Waals surface area contributed by atoms with Crippen molar-refractivity contribution in [2.45, 2.75) is 13.8 Å². The lowest BCUT2D eigenvalue weighted by molar-refractivity contribution is 0.0960. The van der Waals surface area contributed by atoms with Crippen LogP contribution in [0.3, 0.4) is 0 Å². The Morgan fingerprint density at radius 2 is 2.40 bits per heavy atom. The summed E-state index contributed by atoms with van der Waals surface area (Å²) < 4.78 is 0. The fraction of sp³-hybridized carbons (Fsp3) is 0.364. The van der Waals surface area contributed by atoms with Crippen LogP contribution >= 0.6 is 11.3 Å². The van der Waals surface area contributed by atoms with E-state index in [1.54, 1.807) is 0 Å². The van der Waals surface area contributed by atoms with Gasteiger partial charge < -0.3 is 10.4 Å². The molecule has 0 aliphatic rings. The molecule has 0 atom stereocenters. The average molecular weight is 223 g/mol. The topological polar surface area (TPSA) is 49.3 Å². The molecule has 0 aliphatic carbocycles. The van der Waals surface area contributed by atoms with Crippen molar-refractivity contribution in [2.24, 2.45) is 0 Å². The molecule has 1 aromatic rings. The van der Waals surface area contributed by atoms with Gasteiger partial charge in [0.1, 0.15) is 6.61 Å². The SMILES string of the molecule is CCNC(=O)c1cc(C)c(C#CCO)s1. The zero-order valence-electron chi connectivity index (χ0n) is 8.76. The number of nitrogens with one attached hydrogen (secondary N) is 1. The van der Waals surface area contributed by atoms with Gasteiger partial charge in [-0.25, -0.2) is 0 Å². The predicted molar refractivity (Wildman–Crippen MR) is 61.0 cm³/mol. The van der Waals surface area contributed by atoms with Gasteiger partial charge in [-0.05, 0) is 25.5 Å². The fourth-order valence-electron chi connectivity index (χ4n) is 1.09. The molecule has 0 spiro atoms. The number of amides is 1. The van der Waals surface area contributed by atoms with Crippen molar-refractivity contribution in [2.75, 3.05) is 13.2 Å². The summed E-state index contributed by atoms with van der Waals surface area (Å²) in [6.07, 6.45) is 0. The van der Waals surface area contributed by atoms with E-state index in [1.807, 2.05) is 19.9 Å². The van der Waals surface area contributed by atoms with Crippen LogP contribution in [0.1, 0.15) is 27.0 Å². The van der Waals surface area contributed by atoms with E-state index in [1.165, 1.54) is 11.3 Å². The predicted octanol–water partition coefficient (Wildman–Crippen LogP) is 1.15. The van der Waals surface area contributed by atoms with Gasteiger partial charge in [0.25, 0.3) is 5.91 Å². The van der Waals surface area contributed by atoms with Gasteiger partial charge in [0, 0.05) is 6.54 Å². The highest BCUT2D eigenvalue weighted by atomic mass is 32.1. The van der Waals surface area contributed by atoms with Gasteiger partial charge in [-0.15, -0.1) is 11.3 Å². The Labute approximate surface area is 93.1 Å². The molecule has 0 aromatic carbocycles. The third-order valence-electron chi connectivity index (χ3n) is 1.76. The molecule has 0 fully saturated rings. The molecule has 3 nitrogen and oxygen atoms in total.